The first-order valence-corrected chi connectivity index (χ1v) is 8.93. The first-order valence-electron chi connectivity index (χ1n) is 7.07. The number of sulfonamides is 1. The third-order valence-electron chi connectivity index (χ3n) is 3.72. The van der Waals surface area contributed by atoms with Gasteiger partial charge >= 0.3 is 0 Å². The highest BCUT2D eigenvalue weighted by Gasteiger charge is 2.29. The molecule has 0 radical (unpaired) electrons. The number of hydrogen-bond donors (Lipinski definition) is 2. The largest absolute Gasteiger partial charge is 0.326 e. The van der Waals surface area contributed by atoms with Crippen LogP contribution in [0, 0.1) is 11.7 Å². The molecule has 1 aliphatic carbocycles. The molecule has 1 aromatic rings. The highest BCUT2D eigenvalue weighted by atomic mass is 35.5. The number of rotatable bonds is 7. The maximum Gasteiger partial charge on any atom is 0.243 e. The minimum absolute atomic E-state index is 0.0955. The van der Waals surface area contributed by atoms with E-state index in [1.807, 2.05) is 6.92 Å². The zero-order valence-corrected chi connectivity index (χ0v) is 13.5. The molecule has 21 heavy (non-hydrogen) atoms. The van der Waals surface area contributed by atoms with Gasteiger partial charge < -0.3 is 5.73 Å². The van der Waals surface area contributed by atoms with Crippen LogP contribution in [0.5, 0.6) is 0 Å². The molecule has 1 saturated carbocycles. The van der Waals surface area contributed by atoms with Crippen LogP contribution in [0.4, 0.5) is 4.39 Å². The van der Waals surface area contributed by atoms with Crippen molar-refractivity contribution in [2.24, 2.45) is 11.7 Å². The first-order chi connectivity index (χ1) is 9.87. The van der Waals surface area contributed by atoms with E-state index in [-0.39, 0.29) is 23.2 Å². The van der Waals surface area contributed by atoms with E-state index in [0.717, 1.165) is 25.3 Å². The van der Waals surface area contributed by atoms with Crippen molar-refractivity contribution in [2.45, 2.75) is 50.1 Å². The van der Waals surface area contributed by atoms with Crippen LogP contribution in [-0.2, 0) is 16.6 Å². The fraction of sp³-hybridized carbons (Fsp3) is 0.571. The molecule has 1 aliphatic rings. The minimum atomic E-state index is -3.94. The Labute approximate surface area is 129 Å². The van der Waals surface area contributed by atoms with Crippen LogP contribution in [0.1, 0.15) is 38.2 Å². The van der Waals surface area contributed by atoms with Gasteiger partial charge in [-0.1, -0.05) is 31.4 Å². The first kappa shape index (κ1) is 16.7. The molecule has 4 nitrogen and oxygen atoms in total. The van der Waals surface area contributed by atoms with Gasteiger partial charge in [0.05, 0.1) is 0 Å². The zero-order valence-electron chi connectivity index (χ0n) is 11.9. The molecule has 0 spiro atoms. The van der Waals surface area contributed by atoms with Crippen molar-refractivity contribution in [3.8, 4) is 0 Å². The zero-order chi connectivity index (χ0) is 15.6. The number of halogens is 2. The molecule has 1 aromatic carbocycles. The molecule has 0 bridgehead atoms. The number of benzene rings is 1. The molecule has 1 atom stereocenters. The van der Waals surface area contributed by atoms with Gasteiger partial charge in [-0.2, -0.15) is 0 Å². The van der Waals surface area contributed by atoms with Crippen LogP contribution in [0.15, 0.2) is 17.0 Å². The molecule has 3 N–H and O–H groups in total. The Morgan fingerprint density at radius 1 is 1.48 bits per heavy atom. The minimum Gasteiger partial charge on any atom is -0.326 e. The summed E-state index contributed by atoms with van der Waals surface area (Å²) in [5.74, 6) is -0.239. The van der Waals surface area contributed by atoms with Crippen LogP contribution in [0.3, 0.4) is 0 Å². The van der Waals surface area contributed by atoms with E-state index in [1.165, 1.54) is 6.07 Å². The van der Waals surface area contributed by atoms with Crippen molar-refractivity contribution < 1.29 is 12.8 Å². The molecule has 1 unspecified atom stereocenters. The predicted molar refractivity (Wildman–Crippen MR) is 81.0 cm³/mol. The summed E-state index contributed by atoms with van der Waals surface area (Å²) in [6, 6.07) is 2.29. The van der Waals surface area contributed by atoms with Crippen molar-refractivity contribution in [1.29, 1.82) is 0 Å². The van der Waals surface area contributed by atoms with Crippen LogP contribution in [0.2, 0.25) is 5.02 Å². The lowest BCUT2D eigenvalue weighted by Gasteiger charge is -2.18. The molecule has 2 rings (SSSR count). The molecule has 0 amide bonds. The number of hydrogen-bond acceptors (Lipinski definition) is 3. The van der Waals surface area contributed by atoms with Gasteiger partial charge in [0.15, 0.2) is 0 Å². The lowest BCUT2D eigenvalue weighted by molar-refractivity contribution is 0.490. The standard InChI is InChI=1S/C14H20ClFN2O2S/c1-2-12(5-9-3-4-9)18-21(19,20)13-7-11(15)6-10(8-17)14(13)16/h6-7,9,12,18H,2-5,8,17H2,1H3. The average molecular weight is 335 g/mol. The van der Waals surface area contributed by atoms with E-state index in [4.69, 9.17) is 17.3 Å². The Morgan fingerprint density at radius 3 is 2.67 bits per heavy atom. The summed E-state index contributed by atoms with van der Waals surface area (Å²) in [6.07, 6.45) is 3.74. The van der Waals surface area contributed by atoms with E-state index < -0.39 is 20.7 Å². The van der Waals surface area contributed by atoms with Crippen LogP contribution < -0.4 is 10.5 Å². The van der Waals surface area contributed by atoms with E-state index in [9.17, 15) is 12.8 Å². The van der Waals surface area contributed by atoms with Crippen molar-refractivity contribution >= 4 is 21.6 Å². The molecular formula is C14H20ClFN2O2S. The summed E-state index contributed by atoms with van der Waals surface area (Å²) in [5.41, 5.74) is 5.51. The lowest BCUT2D eigenvalue weighted by atomic mass is 10.1. The van der Waals surface area contributed by atoms with E-state index in [1.54, 1.807) is 0 Å². The number of nitrogens with two attached hydrogens (primary N) is 1. The summed E-state index contributed by atoms with van der Waals surface area (Å²) >= 11 is 5.86. The quantitative estimate of drug-likeness (QED) is 0.805. The summed E-state index contributed by atoms with van der Waals surface area (Å²) in [6.45, 7) is 1.81. The van der Waals surface area contributed by atoms with Gasteiger partial charge in [0, 0.05) is 23.2 Å². The second kappa shape index (κ2) is 6.60. The molecule has 1 fully saturated rings. The molecule has 118 valence electrons. The van der Waals surface area contributed by atoms with E-state index in [2.05, 4.69) is 4.72 Å². The van der Waals surface area contributed by atoms with Crippen molar-refractivity contribution in [3.05, 3.63) is 28.5 Å². The summed E-state index contributed by atoms with van der Waals surface area (Å²) < 4.78 is 41.6. The maximum atomic E-state index is 14.2. The third kappa shape index (κ3) is 4.16. The predicted octanol–water partition coefficient (Wildman–Crippen LogP) is 2.79. The second-order valence-electron chi connectivity index (χ2n) is 5.49. The van der Waals surface area contributed by atoms with Gasteiger partial charge in [-0.05, 0) is 30.9 Å². The Kier molecular flexibility index (Phi) is 5.24. The summed E-state index contributed by atoms with van der Waals surface area (Å²) in [7, 11) is -3.94. The van der Waals surface area contributed by atoms with Gasteiger partial charge in [0.25, 0.3) is 0 Å². The van der Waals surface area contributed by atoms with Crippen molar-refractivity contribution in [1.82, 2.24) is 4.72 Å². The smallest absolute Gasteiger partial charge is 0.243 e. The van der Waals surface area contributed by atoms with E-state index in [0.29, 0.717) is 12.3 Å². The highest BCUT2D eigenvalue weighted by molar-refractivity contribution is 7.89. The average Bonchev–Trinajstić information content (AvgIpc) is 3.23. The second-order valence-corrected chi connectivity index (χ2v) is 7.61. The molecule has 0 saturated heterocycles. The highest BCUT2D eigenvalue weighted by Crippen LogP contribution is 2.34. The number of nitrogens with one attached hydrogen (secondary N) is 1. The topological polar surface area (TPSA) is 72.2 Å². The van der Waals surface area contributed by atoms with Gasteiger partial charge in [-0.15, -0.1) is 0 Å². The van der Waals surface area contributed by atoms with Crippen LogP contribution in [-0.4, -0.2) is 14.5 Å². The Hall–Kier alpha value is -0.690. The molecule has 0 aliphatic heterocycles. The third-order valence-corrected chi connectivity index (χ3v) is 5.46. The summed E-state index contributed by atoms with van der Waals surface area (Å²) in [5, 5.41) is 0.160. The fourth-order valence-electron chi connectivity index (χ4n) is 2.30. The Balaban J connectivity index is 2.27. The van der Waals surface area contributed by atoms with Gasteiger partial charge in [-0.3, -0.25) is 0 Å². The van der Waals surface area contributed by atoms with Gasteiger partial charge in [-0.25, -0.2) is 17.5 Å². The fourth-order valence-corrected chi connectivity index (χ4v) is 4.08. The van der Waals surface area contributed by atoms with Crippen molar-refractivity contribution in [3.63, 3.8) is 0 Å². The molecule has 0 heterocycles. The van der Waals surface area contributed by atoms with E-state index >= 15 is 0 Å². The van der Waals surface area contributed by atoms with Gasteiger partial charge in [0.1, 0.15) is 10.7 Å². The maximum absolute atomic E-state index is 14.2. The van der Waals surface area contributed by atoms with Crippen LogP contribution in [0.25, 0.3) is 0 Å². The van der Waals surface area contributed by atoms with Gasteiger partial charge in [0.2, 0.25) is 10.0 Å². The SMILES string of the molecule is CCC(CC1CC1)NS(=O)(=O)c1cc(Cl)cc(CN)c1F. The molecule has 7 heteroatoms. The summed E-state index contributed by atoms with van der Waals surface area (Å²) in [4.78, 5) is -0.426. The molecule has 0 aromatic heterocycles. The Morgan fingerprint density at radius 2 is 2.14 bits per heavy atom. The monoisotopic (exact) mass is 334 g/mol. The normalized spacial score (nSPS) is 17.0. The Bertz CT molecular complexity index is 618. The lowest BCUT2D eigenvalue weighted by Crippen LogP contribution is -2.35. The van der Waals surface area contributed by atoms with Crippen LogP contribution >= 0.6 is 11.6 Å². The van der Waals surface area contributed by atoms with Crippen molar-refractivity contribution in [2.75, 3.05) is 0 Å². The molecular weight excluding hydrogens is 315 g/mol.